The van der Waals surface area contributed by atoms with Gasteiger partial charge in [-0.05, 0) is 50.5 Å². The summed E-state index contributed by atoms with van der Waals surface area (Å²) < 4.78 is 56.6. The number of aromatic nitrogens is 2. The van der Waals surface area contributed by atoms with Crippen molar-refractivity contribution in [3.63, 3.8) is 0 Å². The zero-order valence-electron chi connectivity index (χ0n) is 39.0. The number of nitrogens with two attached hydrogens (primary N) is 1. The highest BCUT2D eigenvalue weighted by Crippen LogP contribution is 2.60. The molecule has 1 aromatic rings. The molecule has 66 heavy (non-hydrogen) atoms. The molecule has 1 saturated heterocycles. The molecule has 0 amide bonds. The fraction of sp³-hybridized carbons (Fsp3) is 0.733. The Kier molecular flexibility index (Phi) is 29.9. The number of aliphatic hydroxyl groups excluding tert-OH is 3. The minimum Gasteiger partial charge on any atom is -0.462 e. The Bertz CT molecular complexity index is 1780. The van der Waals surface area contributed by atoms with Crippen LogP contribution in [0.2, 0.25) is 0 Å². The van der Waals surface area contributed by atoms with Crippen molar-refractivity contribution in [2.45, 2.75) is 186 Å². The number of aliphatic hydroxyl groups is 3. The first-order valence-electron chi connectivity index (χ1n) is 23.5. The van der Waals surface area contributed by atoms with E-state index in [0.29, 0.717) is 19.3 Å². The average molecular weight is 978 g/mol. The number of nitrogens with zero attached hydrogens (tertiary/aromatic N) is 2. The molecule has 1 aliphatic rings. The predicted octanol–water partition coefficient (Wildman–Crippen LogP) is 7.66. The van der Waals surface area contributed by atoms with E-state index in [0.717, 1.165) is 80.9 Å². The van der Waals surface area contributed by atoms with E-state index in [1.807, 2.05) is 37.3 Å². The molecular weight excluding hydrogens is 900 g/mol. The van der Waals surface area contributed by atoms with Crippen LogP contribution in [0.1, 0.15) is 155 Å². The van der Waals surface area contributed by atoms with Gasteiger partial charge in [0.25, 0.3) is 0 Å². The number of unbranched alkanes of at least 4 members (excludes halogenated alkanes) is 12. The van der Waals surface area contributed by atoms with Gasteiger partial charge in [0, 0.05) is 19.0 Å². The standard InChI is InChI=1S/C45H77N3O16P2/c1-4-6-20-26-36(49)27-22-17-13-8-7-9-14-18-23-28-40(50)59-32-37(62-41(51)29-24-19-15-11-10-12-16-21-25-35(3)5-2)33-60-65(55,56)64-66(57,58)61-34-38-42(52)43(53)44(63-38)48-31-30-39(46)47-45(48)54/h6,13,17,20,22,27,30-31,35-38,42-44,49,52-53H,4-5,7-12,14-16,18-19,21,23-26,28-29,32-34H2,1-3H3,(H,55,56)(H,57,58)(H2,46,47,54)/b17-13+,20-6+,27-22+/t35?,36?,37-,38-,42-,43-,44-/m1/s1. The minimum atomic E-state index is -5.43. The fourth-order valence-electron chi connectivity index (χ4n) is 6.79. The number of rotatable bonds is 37. The molecule has 4 unspecified atom stereocenters. The van der Waals surface area contributed by atoms with Gasteiger partial charge in [-0.15, -0.1) is 0 Å². The summed E-state index contributed by atoms with van der Waals surface area (Å²) in [5.41, 5.74) is 4.57. The van der Waals surface area contributed by atoms with E-state index >= 15 is 0 Å². The van der Waals surface area contributed by atoms with E-state index in [9.17, 15) is 48.6 Å². The molecule has 19 nitrogen and oxygen atoms in total. The third-order valence-corrected chi connectivity index (χ3v) is 13.5. The lowest BCUT2D eigenvalue weighted by atomic mass is 9.99. The smallest absolute Gasteiger partial charge is 0.462 e. The maximum Gasteiger partial charge on any atom is 0.481 e. The van der Waals surface area contributed by atoms with Gasteiger partial charge in [0.1, 0.15) is 30.7 Å². The van der Waals surface area contributed by atoms with Crippen molar-refractivity contribution < 1.29 is 71.4 Å². The normalized spacial score (nSPS) is 21.0. The molecule has 1 fully saturated rings. The van der Waals surface area contributed by atoms with Crippen molar-refractivity contribution in [3.05, 3.63) is 59.2 Å². The van der Waals surface area contributed by atoms with Crippen LogP contribution in [-0.2, 0) is 46.3 Å². The summed E-state index contributed by atoms with van der Waals surface area (Å²) in [5, 5.41) is 30.8. The van der Waals surface area contributed by atoms with Crippen LogP contribution in [0.15, 0.2) is 53.5 Å². The summed E-state index contributed by atoms with van der Waals surface area (Å²) in [4.78, 5) is 61.7. The van der Waals surface area contributed by atoms with Crippen LogP contribution in [-0.4, -0.2) is 96.9 Å². The summed E-state index contributed by atoms with van der Waals surface area (Å²) >= 11 is 0. The number of nitrogen functional groups attached to an aromatic ring is 1. The Balaban J connectivity index is 1.84. The Hall–Kier alpha value is -3.06. The number of esters is 2. The first kappa shape index (κ1) is 59.1. The monoisotopic (exact) mass is 977 g/mol. The maximum atomic E-state index is 12.8. The van der Waals surface area contributed by atoms with Gasteiger partial charge in [-0.2, -0.15) is 9.29 Å². The van der Waals surface area contributed by atoms with Crippen molar-refractivity contribution in [2.75, 3.05) is 25.6 Å². The van der Waals surface area contributed by atoms with E-state index in [4.69, 9.17) is 29.0 Å². The Morgan fingerprint density at radius 3 is 2.12 bits per heavy atom. The first-order chi connectivity index (χ1) is 31.5. The number of phosphoric ester groups is 2. The van der Waals surface area contributed by atoms with Gasteiger partial charge in [-0.1, -0.05) is 134 Å². The summed E-state index contributed by atoms with van der Waals surface area (Å²) in [6.07, 6.45) is 21.5. The second-order valence-corrected chi connectivity index (χ2v) is 19.7. The molecule has 1 aliphatic heterocycles. The lowest BCUT2D eigenvalue weighted by Crippen LogP contribution is -2.36. The zero-order valence-corrected chi connectivity index (χ0v) is 40.8. The van der Waals surface area contributed by atoms with Crippen molar-refractivity contribution in [1.29, 1.82) is 0 Å². The van der Waals surface area contributed by atoms with E-state index in [1.165, 1.54) is 38.2 Å². The minimum absolute atomic E-state index is 0.0347. The highest BCUT2D eigenvalue weighted by atomic mass is 31.3. The Labute approximate surface area is 390 Å². The van der Waals surface area contributed by atoms with Crippen LogP contribution in [0.25, 0.3) is 0 Å². The van der Waals surface area contributed by atoms with Crippen molar-refractivity contribution in [1.82, 2.24) is 9.55 Å². The van der Waals surface area contributed by atoms with Gasteiger partial charge in [0.2, 0.25) is 0 Å². The molecule has 0 aromatic carbocycles. The summed E-state index contributed by atoms with van der Waals surface area (Å²) in [7, 11) is -10.9. The lowest BCUT2D eigenvalue weighted by Gasteiger charge is -2.21. The number of hydrogen-bond acceptors (Lipinski definition) is 16. The molecule has 0 bridgehead atoms. The van der Waals surface area contributed by atoms with Gasteiger partial charge in [-0.3, -0.25) is 23.2 Å². The zero-order chi connectivity index (χ0) is 48.8. The van der Waals surface area contributed by atoms with E-state index in [-0.39, 0.29) is 18.7 Å². The van der Waals surface area contributed by atoms with Crippen LogP contribution >= 0.6 is 15.6 Å². The number of carbonyl (C=O) groups is 2. The Morgan fingerprint density at radius 2 is 1.47 bits per heavy atom. The summed E-state index contributed by atoms with van der Waals surface area (Å²) in [6.45, 7) is 4.17. The van der Waals surface area contributed by atoms with Crippen LogP contribution < -0.4 is 11.4 Å². The van der Waals surface area contributed by atoms with Gasteiger partial charge in [0.15, 0.2) is 12.3 Å². The van der Waals surface area contributed by atoms with E-state index in [2.05, 4.69) is 23.1 Å². The SMILES string of the molecule is CC/C=C/CC(O)/C=C/C=C/CCCCCCCC(=O)OC[C@H](COP(=O)(O)OP(=O)(O)OC[C@H]1O[C@@H](n2ccc(N)nc2=O)[C@H](O)[C@@H]1O)OC(=O)CCCCCCCCCCC(C)CC. The molecule has 0 radical (unpaired) electrons. The Morgan fingerprint density at radius 1 is 0.848 bits per heavy atom. The third kappa shape index (κ3) is 26.5. The fourth-order valence-corrected chi connectivity index (χ4v) is 8.90. The molecule has 2 heterocycles. The molecule has 1 aromatic heterocycles. The number of carbonyl (C=O) groups excluding carboxylic acids is 2. The van der Waals surface area contributed by atoms with Crippen LogP contribution in [0, 0.1) is 5.92 Å². The van der Waals surface area contributed by atoms with Crippen molar-refractivity contribution in [2.24, 2.45) is 5.92 Å². The molecule has 2 rings (SSSR count). The number of allylic oxidation sites excluding steroid dienone is 4. The quantitative estimate of drug-likeness (QED) is 0.0123. The summed E-state index contributed by atoms with van der Waals surface area (Å²) in [6, 6.07) is 1.24. The predicted molar refractivity (Wildman–Crippen MR) is 249 cm³/mol. The van der Waals surface area contributed by atoms with Gasteiger partial charge in [0.05, 0.1) is 19.3 Å². The van der Waals surface area contributed by atoms with Crippen LogP contribution in [0.5, 0.6) is 0 Å². The molecule has 9 atom stereocenters. The number of ether oxygens (including phenoxy) is 3. The van der Waals surface area contributed by atoms with Gasteiger partial charge < -0.3 is 45.1 Å². The van der Waals surface area contributed by atoms with Crippen molar-refractivity contribution in [3.8, 4) is 0 Å². The van der Waals surface area contributed by atoms with E-state index in [1.54, 1.807) is 6.08 Å². The highest BCUT2D eigenvalue weighted by molar-refractivity contribution is 7.61. The van der Waals surface area contributed by atoms with Crippen LogP contribution in [0.4, 0.5) is 5.82 Å². The largest absolute Gasteiger partial charge is 0.481 e. The molecule has 0 spiro atoms. The molecular formula is C45H77N3O16P2. The average Bonchev–Trinajstić information content (AvgIpc) is 3.54. The molecule has 0 aliphatic carbocycles. The summed E-state index contributed by atoms with van der Waals surface area (Å²) in [5.74, 6) is -0.601. The molecule has 0 saturated carbocycles. The highest BCUT2D eigenvalue weighted by Gasteiger charge is 2.46. The third-order valence-electron chi connectivity index (χ3n) is 10.9. The molecule has 378 valence electrons. The lowest BCUT2D eigenvalue weighted by molar-refractivity contribution is -0.161. The van der Waals surface area contributed by atoms with Crippen LogP contribution in [0.3, 0.4) is 0 Å². The second-order valence-electron chi connectivity index (χ2n) is 16.7. The second kappa shape index (κ2) is 33.4. The molecule has 7 N–H and O–H groups in total. The number of hydrogen-bond donors (Lipinski definition) is 6. The first-order valence-corrected chi connectivity index (χ1v) is 26.5. The van der Waals surface area contributed by atoms with E-state index < -0.39 is 89.8 Å². The molecule has 21 heteroatoms. The topological polar surface area (TPSA) is 286 Å². The van der Waals surface area contributed by atoms with Crippen molar-refractivity contribution >= 4 is 33.4 Å². The number of phosphoric acid groups is 2. The maximum absolute atomic E-state index is 12.8. The van der Waals surface area contributed by atoms with Gasteiger partial charge in [-0.25, -0.2) is 13.9 Å². The van der Waals surface area contributed by atoms with Gasteiger partial charge >= 0.3 is 33.3 Å². The number of anilines is 1.